The van der Waals surface area contributed by atoms with E-state index in [1.165, 1.54) is 4.52 Å². The van der Waals surface area contributed by atoms with Crippen LogP contribution in [0.2, 0.25) is 0 Å². The van der Waals surface area contributed by atoms with Crippen molar-refractivity contribution in [1.29, 1.82) is 0 Å². The predicted octanol–water partition coefficient (Wildman–Crippen LogP) is -0.274. The molecule has 2 rings (SSSR count). The van der Waals surface area contributed by atoms with E-state index >= 15 is 0 Å². The van der Waals surface area contributed by atoms with Gasteiger partial charge in [-0.05, 0) is 13.0 Å². The van der Waals surface area contributed by atoms with E-state index in [1.807, 2.05) is 0 Å². The molecule has 0 aliphatic rings. The molecule has 0 aliphatic carbocycles. The normalized spacial score (nSPS) is 10.6. The fourth-order valence-electron chi connectivity index (χ4n) is 0.937. The van der Waals surface area contributed by atoms with Gasteiger partial charge in [0.25, 0.3) is 0 Å². The van der Waals surface area contributed by atoms with E-state index in [0.717, 1.165) is 0 Å². The molecule has 2 aromatic rings. The highest BCUT2D eigenvalue weighted by Crippen LogP contribution is 1.92. The summed E-state index contributed by atoms with van der Waals surface area (Å²) < 4.78 is 1.23. The quantitative estimate of drug-likeness (QED) is 0.562. The maximum atomic E-state index is 11.0. The Balaban J connectivity index is 3.02. The molecule has 0 aliphatic heterocycles. The molecule has 11 heavy (non-hydrogen) atoms. The van der Waals surface area contributed by atoms with Crippen molar-refractivity contribution in [2.75, 3.05) is 0 Å². The predicted molar refractivity (Wildman–Crippen MR) is 38.3 cm³/mol. The number of nitrogens with zero attached hydrogens (tertiary/aromatic N) is 3. The zero-order valence-electron chi connectivity index (χ0n) is 5.90. The van der Waals surface area contributed by atoms with E-state index in [0.29, 0.717) is 11.5 Å². The van der Waals surface area contributed by atoms with Crippen molar-refractivity contribution in [3.05, 3.63) is 28.6 Å². The maximum Gasteiger partial charge on any atom is 0.348 e. The Hall–Kier alpha value is -1.65. The minimum Gasteiger partial charge on any atom is -0.313 e. The van der Waals surface area contributed by atoms with E-state index in [1.54, 1.807) is 19.2 Å². The summed E-state index contributed by atoms with van der Waals surface area (Å²) in [6.45, 7) is 1.74. The Kier molecular flexibility index (Phi) is 1.06. The van der Waals surface area contributed by atoms with Crippen molar-refractivity contribution in [2.24, 2.45) is 0 Å². The first-order valence-electron chi connectivity index (χ1n) is 3.18. The third kappa shape index (κ3) is 0.813. The lowest BCUT2D eigenvalue weighted by Crippen LogP contribution is -2.15. The van der Waals surface area contributed by atoms with Crippen LogP contribution in [0.3, 0.4) is 0 Å². The van der Waals surface area contributed by atoms with Crippen LogP contribution in [0.15, 0.2) is 17.1 Å². The van der Waals surface area contributed by atoms with Gasteiger partial charge in [0.05, 0.1) is 0 Å². The van der Waals surface area contributed by atoms with Crippen LogP contribution in [0.1, 0.15) is 5.82 Å². The number of hydrogen-bond donors (Lipinski definition) is 1. The number of H-pyrrole nitrogens is 1. The number of nitrogens with one attached hydrogen (secondary N) is 1. The summed E-state index contributed by atoms with van der Waals surface area (Å²) in [4.78, 5) is 17.5. The van der Waals surface area contributed by atoms with Crippen LogP contribution in [-0.2, 0) is 0 Å². The molecule has 2 aromatic heterocycles. The van der Waals surface area contributed by atoms with Crippen molar-refractivity contribution in [1.82, 2.24) is 19.6 Å². The van der Waals surface area contributed by atoms with Gasteiger partial charge in [0.15, 0.2) is 5.65 Å². The maximum absolute atomic E-state index is 11.0. The van der Waals surface area contributed by atoms with Crippen LogP contribution >= 0.6 is 0 Å². The van der Waals surface area contributed by atoms with Crippen molar-refractivity contribution in [3.8, 4) is 0 Å². The summed E-state index contributed by atoms with van der Waals surface area (Å²) in [5.41, 5.74) is 0.314. The molecule has 0 fully saturated rings. The van der Waals surface area contributed by atoms with E-state index in [2.05, 4.69) is 15.1 Å². The van der Waals surface area contributed by atoms with Gasteiger partial charge in [-0.15, -0.1) is 5.10 Å². The summed E-state index contributed by atoms with van der Waals surface area (Å²) in [7, 11) is 0. The van der Waals surface area contributed by atoms with Gasteiger partial charge in [-0.25, -0.2) is 9.78 Å². The van der Waals surface area contributed by atoms with Gasteiger partial charge >= 0.3 is 5.69 Å². The van der Waals surface area contributed by atoms with E-state index < -0.39 is 0 Å². The average Bonchev–Trinajstić information content (AvgIpc) is 2.31. The summed E-state index contributed by atoms with van der Waals surface area (Å²) in [6.07, 6.45) is 1.55. The van der Waals surface area contributed by atoms with Crippen molar-refractivity contribution < 1.29 is 0 Å². The first-order chi connectivity index (χ1) is 5.27. The standard InChI is InChI=1S/C6H6N4O/c1-4-8-5-2-3-7-6(11)10(5)9-4/h2-3H,1H3,(H,7,11). The highest BCUT2D eigenvalue weighted by atomic mass is 16.1. The minimum atomic E-state index is -0.261. The summed E-state index contributed by atoms with van der Waals surface area (Å²) in [5.74, 6) is 0.599. The third-order valence-corrected chi connectivity index (χ3v) is 1.37. The highest BCUT2D eigenvalue weighted by Gasteiger charge is 1.99. The second kappa shape index (κ2) is 1.91. The lowest BCUT2D eigenvalue weighted by Gasteiger charge is -1.84. The molecule has 0 saturated heterocycles. The third-order valence-electron chi connectivity index (χ3n) is 1.37. The summed E-state index contributed by atoms with van der Waals surface area (Å²) in [6, 6.07) is 1.70. The molecule has 0 saturated carbocycles. The van der Waals surface area contributed by atoms with E-state index in [4.69, 9.17) is 0 Å². The Morgan fingerprint density at radius 2 is 2.45 bits per heavy atom. The smallest absolute Gasteiger partial charge is 0.313 e. The number of aromatic nitrogens is 4. The highest BCUT2D eigenvalue weighted by molar-refractivity contribution is 5.34. The van der Waals surface area contributed by atoms with Crippen molar-refractivity contribution in [3.63, 3.8) is 0 Å². The van der Waals surface area contributed by atoms with Crippen LogP contribution in [-0.4, -0.2) is 19.6 Å². The largest absolute Gasteiger partial charge is 0.348 e. The molecule has 5 nitrogen and oxygen atoms in total. The Morgan fingerprint density at radius 1 is 1.64 bits per heavy atom. The van der Waals surface area contributed by atoms with Gasteiger partial charge in [0.2, 0.25) is 0 Å². The topological polar surface area (TPSA) is 63.0 Å². The number of aryl methyl sites for hydroxylation is 1. The van der Waals surface area contributed by atoms with Crippen LogP contribution in [0, 0.1) is 6.92 Å². The molecular formula is C6H6N4O. The van der Waals surface area contributed by atoms with Gasteiger partial charge < -0.3 is 4.98 Å². The first kappa shape index (κ1) is 6.09. The zero-order chi connectivity index (χ0) is 7.84. The number of fused-ring (bicyclic) bond motifs is 1. The second-order valence-electron chi connectivity index (χ2n) is 2.21. The molecule has 0 bridgehead atoms. The Bertz CT molecular complexity index is 441. The molecule has 56 valence electrons. The van der Waals surface area contributed by atoms with E-state index in [-0.39, 0.29) is 5.69 Å². The lowest BCUT2D eigenvalue weighted by molar-refractivity contribution is 0.852. The van der Waals surface area contributed by atoms with Gasteiger partial charge in [0, 0.05) is 6.20 Å². The SMILES string of the molecule is Cc1nc2cc[nH]c(=O)n2n1. The molecule has 2 heterocycles. The van der Waals surface area contributed by atoms with Gasteiger partial charge in [0.1, 0.15) is 5.82 Å². The van der Waals surface area contributed by atoms with Crippen molar-refractivity contribution >= 4 is 5.65 Å². The molecule has 0 aromatic carbocycles. The minimum absolute atomic E-state index is 0.261. The fraction of sp³-hybridized carbons (Fsp3) is 0.167. The average molecular weight is 150 g/mol. The van der Waals surface area contributed by atoms with Crippen LogP contribution in [0.4, 0.5) is 0 Å². The zero-order valence-corrected chi connectivity index (χ0v) is 5.90. The number of aromatic amines is 1. The Labute approximate surface area is 61.7 Å². The van der Waals surface area contributed by atoms with E-state index in [9.17, 15) is 4.79 Å². The summed E-state index contributed by atoms with van der Waals surface area (Å²) >= 11 is 0. The van der Waals surface area contributed by atoms with Crippen LogP contribution in [0.25, 0.3) is 5.65 Å². The Morgan fingerprint density at radius 3 is 3.18 bits per heavy atom. The molecule has 0 unspecified atom stereocenters. The molecular weight excluding hydrogens is 144 g/mol. The second-order valence-corrected chi connectivity index (χ2v) is 2.21. The monoisotopic (exact) mass is 150 g/mol. The first-order valence-corrected chi connectivity index (χ1v) is 3.18. The number of hydrogen-bond acceptors (Lipinski definition) is 3. The summed E-state index contributed by atoms with van der Waals surface area (Å²) in [5, 5.41) is 3.87. The van der Waals surface area contributed by atoms with Crippen molar-refractivity contribution in [2.45, 2.75) is 6.92 Å². The molecule has 5 heteroatoms. The lowest BCUT2D eigenvalue weighted by atomic mass is 10.6. The molecule has 1 N–H and O–H groups in total. The van der Waals surface area contributed by atoms with Crippen LogP contribution in [0.5, 0.6) is 0 Å². The fourth-order valence-corrected chi connectivity index (χ4v) is 0.937. The molecule has 0 amide bonds. The number of rotatable bonds is 0. The van der Waals surface area contributed by atoms with Gasteiger partial charge in [-0.2, -0.15) is 4.52 Å². The molecule has 0 radical (unpaired) electrons. The van der Waals surface area contributed by atoms with Gasteiger partial charge in [-0.3, -0.25) is 0 Å². The van der Waals surface area contributed by atoms with Crippen LogP contribution < -0.4 is 5.69 Å². The molecule has 0 atom stereocenters. The van der Waals surface area contributed by atoms with Gasteiger partial charge in [-0.1, -0.05) is 0 Å². The molecule has 0 spiro atoms.